The second kappa shape index (κ2) is 9.51. The average Bonchev–Trinajstić information content (AvgIpc) is 3.54. The van der Waals surface area contributed by atoms with Crippen LogP contribution in [0.2, 0.25) is 0 Å². The van der Waals surface area contributed by atoms with Crippen LogP contribution < -0.4 is 4.74 Å². The third-order valence-corrected chi connectivity index (χ3v) is 6.41. The highest BCUT2D eigenvalue weighted by atomic mass is 32.2. The Morgan fingerprint density at radius 2 is 2.10 bits per heavy atom. The van der Waals surface area contributed by atoms with E-state index in [0.29, 0.717) is 18.3 Å². The van der Waals surface area contributed by atoms with Crippen molar-refractivity contribution in [3.8, 4) is 17.1 Å². The topological polar surface area (TPSA) is 60.2 Å². The summed E-state index contributed by atoms with van der Waals surface area (Å²) in [6.07, 6.45) is 10.8. The summed E-state index contributed by atoms with van der Waals surface area (Å²) in [5, 5.41) is 9.50. The van der Waals surface area contributed by atoms with Gasteiger partial charge in [0.1, 0.15) is 5.75 Å². The molecule has 0 aliphatic heterocycles. The van der Waals surface area contributed by atoms with Gasteiger partial charge in [0.15, 0.2) is 11.0 Å². The summed E-state index contributed by atoms with van der Waals surface area (Å²) in [6.45, 7) is 4.45. The molecule has 0 N–H and O–H groups in total. The predicted octanol–water partition coefficient (Wildman–Crippen LogP) is 4.68. The maximum atomic E-state index is 13.1. The van der Waals surface area contributed by atoms with Gasteiger partial charge in [-0.05, 0) is 62.8 Å². The first-order valence-corrected chi connectivity index (χ1v) is 11.5. The molecule has 6 nitrogen and oxygen atoms in total. The highest BCUT2D eigenvalue weighted by Crippen LogP contribution is 2.35. The Morgan fingerprint density at radius 3 is 2.73 bits per heavy atom. The molecule has 1 fully saturated rings. The zero-order valence-electron chi connectivity index (χ0n) is 17.4. The van der Waals surface area contributed by atoms with Crippen molar-refractivity contribution in [2.24, 2.45) is 0 Å². The number of nitrogens with zero attached hydrogens (tertiary/aromatic N) is 4. The van der Waals surface area contributed by atoms with Crippen molar-refractivity contribution in [2.45, 2.75) is 56.3 Å². The molecule has 1 aromatic carbocycles. The number of carbonyl (C=O) groups excluding carboxylic acids is 1. The Morgan fingerprint density at radius 1 is 1.30 bits per heavy atom. The van der Waals surface area contributed by atoms with Crippen molar-refractivity contribution in [1.29, 1.82) is 0 Å². The van der Waals surface area contributed by atoms with Gasteiger partial charge in [-0.3, -0.25) is 9.36 Å². The first kappa shape index (κ1) is 20.7. The van der Waals surface area contributed by atoms with Crippen LogP contribution in [-0.2, 0) is 11.3 Å². The Bertz CT molecular complexity index is 931. The molecule has 1 aromatic heterocycles. The lowest BCUT2D eigenvalue weighted by molar-refractivity contribution is -0.127. The maximum Gasteiger partial charge on any atom is 0.237 e. The minimum atomic E-state index is 0.176. The van der Waals surface area contributed by atoms with E-state index >= 15 is 0 Å². The molecule has 1 heterocycles. The number of benzene rings is 1. The van der Waals surface area contributed by atoms with Crippen LogP contribution in [-0.4, -0.2) is 44.5 Å². The lowest BCUT2D eigenvalue weighted by atomic mass is 10.0. The molecule has 1 saturated carbocycles. The minimum absolute atomic E-state index is 0.176. The number of carbonyl (C=O) groups is 1. The number of ether oxygens (including phenoxy) is 1. The van der Waals surface area contributed by atoms with Crippen molar-refractivity contribution in [3.05, 3.63) is 48.7 Å². The first-order chi connectivity index (χ1) is 14.7. The van der Waals surface area contributed by atoms with E-state index in [1.807, 2.05) is 34.9 Å². The number of rotatable bonds is 9. The van der Waals surface area contributed by atoms with Gasteiger partial charge in [-0.15, -0.1) is 16.8 Å². The second-order valence-corrected chi connectivity index (χ2v) is 8.60. The van der Waals surface area contributed by atoms with Crippen LogP contribution in [0.15, 0.2) is 53.8 Å². The Labute approximate surface area is 182 Å². The van der Waals surface area contributed by atoms with Gasteiger partial charge in [-0.2, -0.15) is 0 Å². The number of thioether (sulfide) groups is 1. The summed E-state index contributed by atoms with van der Waals surface area (Å²) < 4.78 is 7.25. The van der Waals surface area contributed by atoms with Crippen LogP contribution in [0.4, 0.5) is 0 Å². The van der Waals surface area contributed by atoms with E-state index in [1.165, 1.54) is 30.3 Å². The zero-order valence-corrected chi connectivity index (χ0v) is 18.2. The molecule has 4 rings (SSSR count). The maximum absolute atomic E-state index is 13.1. The molecule has 2 aliphatic carbocycles. The third-order valence-electron chi connectivity index (χ3n) is 5.46. The highest BCUT2D eigenvalue weighted by molar-refractivity contribution is 7.99. The average molecular weight is 425 g/mol. The molecular weight excluding hydrogens is 396 g/mol. The number of aromatic nitrogens is 3. The zero-order chi connectivity index (χ0) is 20.9. The van der Waals surface area contributed by atoms with Gasteiger partial charge < -0.3 is 9.64 Å². The van der Waals surface area contributed by atoms with Crippen molar-refractivity contribution in [1.82, 2.24) is 19.7 Å². The molecule has 0 unspecified atom stereocenters. The third kappa shape index (κ3) is 4.61. The normalized spacial score (nSPS) is 16.1. The Balaban J connectivity index is 1.49. The fraction of sp³-hybridized carbons (Fsp3) is 0.435. The smallest absolute Gasteiger partial charge is 0.237 e. The fourth-order valence-electron chi connectivity index (χ4n) is 3.81. The van der Waals surface area contributed by atoms with Crippen molar-refractivity contribution in [2.75, 3.05) is 12.9 Å². The molecule has 0 atom stereocenters. The van der Waals surface area contributed by atoms with Crippen molar-refractivity contribution < 1.29 is 9.53 Å². The van der Waals surface area contributed by atoms with Gasteiger partial charge in [0.2, 0.25) is 5.91 Å². The van der Waals surface area contributed by atoms with Gasteiger partial charge in [-0.25, -0.2) is 0 Å². The lowest BCUT2D eigenvalue weighted by Crippen LogP contribution is -2.34. The van der Waals surface area contributed by atoms with Gasteiger partial charge in [-0.1, -0.05) is 23.9 Å². The van der Waals surface area contributed by atoms with Crippen LogP contribution in [0.25, 0.3) is 11.4 Å². The van der Waals surface area contributed by atoms with Crippen molar-refractivity contribution >= 4 is 17.7 Å². The fourth-order valence-corrected chi connectivity index (χ4v) is 4.62. The van der Waals surface area contributed by atoms with E-state index in [4.69, 9.17) is 4.74 Å². The Kier molecular flexibility index (Phi) is 6.57. The molecule has 1 amide bonds. The molecule has 0 bridgehead atoms. The van der Waals surface area contributed by atoms with E-state index < -0.39 is 0 Å². The standard InChI is InChI=1S/C23H28N4O2S/c1-3-15-26-22(17-9-13-20(29-2)14-10-17)24-25-23(26)30-16-21(28)27(19-11-12-19)18-7-5-4-6-8-18/h3,7,9-10,13-14,19H,1,4-6,8,11-12,15-16H2,2H3. The number of methoxy groups -OCH3 is 1. The van der Waals surface area contributed by atoms with E-state index in [-0.39, 0.29) is 5.91 Å². The SMILES string of the molecule is C=CCn1c(SCC(=O)N(C2=CCCCC2)C2CC2)nnc1-c1ccc(OC)cc1. The summed E-state index contributed by atoms with van der Waals surface area (Å²) in [4.78, 5) is 15.1. The number of hydrogen-bond donors (Lipinski definition) is 0. The summed E-state index contributed by atoms with van der Waals surface area (Å²) in [6, 6.07) is 8.13. The molecule has 158 valence electrons. The first-order valence-electron chi connectivity index (χ1n) is 10.5. The predicted molar refractivity (Wildman–Crippen MR) is 119 cm³/mol. The molecule has 2 aromatic rings. The molecule has 0 radical (unpaired) electrons. The van der Waals surface area contributed by atoms with E-state index in [9.17, 15) is 4.79 Å². The summed E-state index contributed by atoms with van der Waals surface area (Å²) in [5.74, 6) is 2.10. The molecule has 2 aliphatic rings. The quantitative estimate of drug-likeness (QED) is 0.432. The van der Waals surface area contributed by atoms with Gasteiger partial charge in [0.25, 0.3) is 0 Å². The van der Waals surface area contributed by atoms with Crippen LogP contribution in [0.5, 0.6) is 5.75 Å². The molecule has 0 saturated heterocycles. The molecule has 30 heavy (non-hydrogen) atoms. The monoisotopic (exact) mass is 424 g/mol. The minimum Gasteiger partial charge on any atom is -0.497 e. The summed E-state index contributed by atoms with van der Waals surface area (Å²) in [5.41, 5.74) is 2.18. The van der Waals surface area contributed by atoms with Crippen LogP contribution >= 0.6 is 11.8 Å². The van der Waals surface area contributed by atoms with Crippen LogP contribution in [0.1, 0.15) is 38.5 Å². The molecule has 0 spiro atoms. The Hall–Kier alpha value is -2.54. The van der Waals surface area contributed by atoms with E-state index in [0.717, 1.165) is 48.0 Å². The number of allylic oxidation sites excluding steroid dienone is 3. The van der Waals surface area contributed by atoms with E-state index in [1.54, 1.807) is 7.11 Å². The lowest BCUT2D eigenvalue weighted by Gasteiger charge is -2.27. The van der Waals surface area contributed by atoms with Crippen LogP contribution in [0, 0.1) is 0 Å². The van der Waals surface area contributed by atoms with Gasteiger partial charge >= 0.3 is 0 Å². The molecular formula is C23H28N4O2S. The van der Waals surface area contributed by atoms with Crippen molar-refractivity contribution in [3.63, 3.8) is 0 Å². The number of hydrogen-bond acceptors (Lipinski definition) is 5. The summed E-state index contributed by atoms with van der Waals surface area (Å²) in [7, 11) is 1.65. The largest absolute Gasteiger partial charge is 0.497 e. The molecule has 7 heteroatoms. The number of amides is 1. The van der Waals surface area contributed by atoms with Crippen LogP contribution in [0.3, 0.4) is 0 Å². The summed E-state index contributed by atoms with van der Waals surface area (Å²) >= 11 is 1.45. The van der Waals surface area contributed by atoms with Gasteiger partial charge in [0.05, 0.1) is 12.9 Å². The van der Waals surface area contributed by atoms with E-state index in [2.05, 4.69) is 27.8 Å². The highest BCUT2D eigenvalue weighted by Gasteiger charge is 2.35. The second-order valence-electron chi connectivity index (χ2n) is 7.66. The van der Waals surface area contributed by atoms with Gasteiger partial charge in [0, 0.05) is 23.8 Å².